The van der Waals surface area contributed by atoms with Gasteiger partial charge < -0.3 is 31.4 Å². The number of imidazole rings is 1. The Labute approximate surface area is 190 Å². The second-order valence-corrected chi connectivity index (χ2v) is 10.5. The van der Waals surface area contributed by atoms with E-state index in [-0.39, 0.29) is 16.8 Å². The SMILES string of the molecule is CN(/C(N)=C/C=C(\N)c1cc2c(cc1O)CCn1cncc1-2)C1CC(C)(C)NC(C)(C)C1. The summed E-state index contributed by atoms with van der Waals surface area (Å²) in [6.07, 6.45) is 10.2. The third kappa shape index (κ3) is 4.35. The summed E-state index contributed by atoms with van der Waals surface area (Å²) in [5, 5.41) is 14.3. The van der Waals surface area contributed by atoms with E-state index in [4.69, 9.17) is 11.5 Å². The van der Waals surface area contributed by atoms with Crippen molar-refractivity contribution in [2.75, 3.05) is 7.05 Å². The van der Waals surface area contributed by atoms with Gasteiger partial charge in [-0.25, -0.2) is 4.98 Å². The number of aromatic hydroxyl groups is 1. The van der Waals surface area contributed by atoms with Gasteiger partial charge in [0.2, 0.25) is 0 Å². The highest BCUT2D eigenvalue weighted by atomic mass is 16.3. The highest BCUT2D eigenvalue weighted by Crippen LogP contribution is 2.36. The van der Waals surface area contributed by atoms with E-state index >= 15 is 0 Å². The summed E-state index contributed by atoms with van der Waals surface area (Å²) in [4.78, 5) is 6.40. The first kappa shape index (κ1) is 22.3. The Morgan fingerprint density at radius 1 is 1.19 bits per heavy atom. The third-order valence-electron chi connectivity index (χ3n) is 6.70. The molecule has 0 amide bonds. The first-order chi connectivity index (χ1) is 15.0. The number of nitrogens with two attached hydrogens (primary N) is 2. The molecule has 32 heavy (non-hydrogen) atoms. The van der Waals surface area contributed by atoms with Crippen LogP contribution < -0.4 is 16.8 Å². The normalized spacial score (nSPS) is 20.5. The molecule has 3 heterocycles. The predicted molar refractivity (Wildman–Crippen MR) is 130 cm³/mol. The van der Waals surface area contributed by atoms with Crippen LogP contribution in [0.15, 0.2) is 42.6 Å². The van der Waals surface area contributed by atoms with Gasteiger partial charge in [-0.1, -0.05) is 0 Å². The van der Waals surface area contributed by atoms with Crippen molar-refractivity contribution < 1.29 is 5.11 Å². The molecule has 172 valence electrons. The van der Waals surface area contributed by atoms with Crippen LogP contribution in [-0.4, -0.2) is 43.7 Å². The van der Waals surface area contributed by atoms with Gasteiger partial charge in [0, 0.05) is 47.5 Å². The summed E-state index contributed by atoms with van der Waals surface area (Å²) < 4.78 is 2.12. The second kappa shape index (κ2) is 7.89. The lowest BCUT2D eigenvalue weighted by atomic mass is 9.79. The molecule has 0 saturated carbocycles. The van der Waals surface area contributed by atoms with Gasteiger partial charge in [-0.2, -0.15) is 0 Å². The monoisotopic (exact) mass is 436 g/mol. The molecule has 1 fully saturated rings. The smallest absolute Gasteiger partial charge is 0.125 e. The number of phenolic OH excluding ortho intramolecular Hbond substituents is 1. The van der Waals surface area contributed by atoms with Crippen molar-refractivity contribution in [3.05, 3.63) is 53.8 Å². The van der Waals surface area contributed by atoms with Crippen LogP contribution in [0.4, 0.5) is 0 Å². The molecular weight excluding hydrogens is 400 g/mol. The van der Waals surface area contributed by atoms with E-state index in [9.17, 15) is 5.11 Å². The van der Waals surface area contributed by atoms with Gasteiger partial charge in [0.05, 0.1) is 24.0 Å². The number of aromatic nitrogens is 2. The molecule has 0 atom stereocenters. The molecule has 1 saturated heterocycles. The molecule has 0 aliphatic carbocycles. The number of nitrogens with zero attached hydrogens (tertiary/aromatic N) is 3. The minimum Gasteiger partial charge on any atom is -0.507 e. The van der Waals surface area contributed by atoms with Gasteiger partial charge in [-0.15, -0.1) is 0 Å². The highest BCUT2D eigenvalue weighted by Gasteiger charge is 2.39. The maximum Gasteiger partial charge on any atom is 0.125 e. The zero-order chi connectivity index (χ0) is 23.3. The molecule has 0 spiro atoms. The predicted octanol–water partition coefficient (Wildman–Crippen LogP) is 3.15. The van der Waals surface area contributed by atoms with Crippen LogP contribution in [0.25, 0.3) is 17.0 Å². The molecule has 4 rings (SSSR count). The van der Waals surface area contributed by atoms with Gasteiger partial charge >= 0.3 is 0 Å². The Morgan fingerprint density at radius 2 is 1.88 bits per heavy atom. The molecule has 6 N–H and O–H groups in total. The van der Waals surface area contributed by atoms with Crippen molar-refractivity contribution in [2.24, 2.45) is 11.5 Å². The van der Waals surface area contributed by atoms with Crippen molar-refractivity contribution in [3.8, 4) is 17.0 Å². The molecule has 2 aliphatic rings. The minimum absolute atomic E-state index is 0.0390. The number of phenols is 1. The number of piperidine rings is 1. The van der Waals surface area contributed by atoms with Crippen LogP contribution in [0.1, 0.15) is 51.7 Å². The lowest BCUT2D eigenvalue weighted by molar-refractivity contribution is 0.0981. The maximum absolute atomic E-state index is 10.6. The lowest BCUT2D eigenvalue weighted by Gasteiger charge is -2.49. The molecular formula is C25H36N6O. The number of hydrogen-bond acceptors (Lipinski definition) is 6. The van der Waals surface area contributed by atoms with Gasteiger partial charge in [0.15, 0.2) is 0 Å². The Balaban J connectivity index is 1.58. The van der Waals surface area contributed by atoms with E-state index in [0.717, 1.165) is 42.6 Å². The van der Waals surface area contributed by atoms with E-state index in [0.29, 0.717) is 23.1 Å². The van der Waals surface area contributed by atoms with Crippen molar-refractivity contribution in [3.63, 3.8) is 0 Å². The van der Waals surface area contributed by atoms with Crippen molar-refractivity contribution >= 4 is 5.70 Å². The summed E-state index contributed by atoms with van der Waals surface area (Å²) in [5.74, 6) is 0.842. The number of hydrogen-bond donors (Lipinski definition) is 4. The molecule has 7 heteroatoms. The average molecular weight is 437 g/mol. The van der Waals surface area contributed by atoms with Gasteiger partial charge in [-0.05, 0) is 76.8 Å². The summed E-state index contributed by atoms with van der Waals surface area (Å²) in [5.41, 5.74) is 17.2. The lowest BCUT2D eigenvalue weighted by Crippen LogP contribution is -2.61. The van der Waals surface area contributed by atoms with Gasteiger partial charge in [0.1, 0.15) is 5.75 Å². The van der Waals surface area contributed by atoms with Crippen LogP contribution in [0.5, 0.6) is 5.75 Å². The van der Waals surface area contributed by atoms with Crippen LogP contribution in [0.2, 0.25) is 0 Å². The van der Waals surface area contributed by atoms with E-state index in [1.54, 1.807) is 6.08 Å². The Bertz CT molecular complexity index is 1060. The van der Waals surface area contributed by atoms with Gasteiger partial charge in [0.25, 0.3) is 0 Å². The Hall–Kier alpha value is -2.93. The first-order valence-electron chi connectivity index (χ1n) is 11.3. The van der Waals surface area contributed by atoms with E-state index < -0.39 is 0 Å². The molecule has 0 unspecified atom stereocenters. The molecule has 0 radical (unpaired) electrons. The topological polar surface area (TPSA) is 105 Å². The molecule has 1 aromatic carbocycles. The number of rotatable bonds is 4. The minimum atomic E-state index is 0.0390. The zero-order valence-electron chi connectivity index (χ0n) is 19.8. The van der Waals surface area contributed by atoms with Crippen LogP contribution in [0, 0.1) is 0 Å². The summed E-state index contributed by atoms with van der Waals surface area (Å²) in [7, 11) is 2.04. The second-order valence-electron chi connectivity index (χ2n) is 10.5. The fraction of sp³-hybridized carbons (Fsp3) is 0.480. The highest BCUT2D eigenvalue weighted by molar-refractivity contribution is 5.77. The number of nitrogens with one attached hydrogen (secondary N) is 1. The standard InChI is InChI=1S/C25H36N6O/c1-24(2)12-17(13-25(3,4)29-24)30(5)23(27)7-6-20(26)19-11-18-16(10-22(19)32)8-9-31-15-28-14-21(18)31/h6-7,10-11,14-15,17,29,32H,8-9,12-13,26-27H2,1-5H3/b20-6-,23-7+. The molecule has 2 aliphatic heterocycles. The van der Waals surface area contributed by atoms with Crippen molar-refractivity contribution in [1.29, 1.82) is 0 Å². The summed E-state index contributed by atoms with van der Waals surface area (Å²) in [6.45, 7) is 9.80. The zero-order valence-corrected chi connectivity index (χ0v) is 19.8. The van der Waals surface area contributed by atoms with Gasteiger partial charge in [-0.3, -0.25) is 0 Å². The molecule has 7 nitrogen and oxygen atoms in total. The molecule has 2 aromatic rings. The van der Waals surface area contributed by atoms with Crippen molar-refractivity contribution in [2.45, 2.75) is 70.6 Å². The van der Waals surface area contributed by atoms with E-state index in [1.165, 1.54) is 0 Å². The fourth-order valence-corrected chi connectivity index (χ4v) is 5.41. The van der Waals surface area contributed by atoms with Crippen LogP contribution >= 0.6 is 0 Å². The number of benzene rings is 1. The Kier molecular flexibility index (Phi) is 5.49. The van der Waals surface area contributed by atoms with E-state index in [1.807, 2.05) is 37.8 Å². The maximum atomic E-state index is 10.6. The first-order valence-corrected chi connectivity index (χ1v) is 11.3. The van der Waals surface area contributed by atoms with Crippen molar-refractivity contribution in [1.82, 2.24) is 19.8 Å². The largest absolute Gasteiger partial charge is 0.507 e. The van der Waals surface area contributed by atoms with Crippen LogP contribution in [0.3, 0.4) is 0 Å². The molecule has 1 aromatic heterocycles. The summed E-state index contributed by atoms with van der Waals surface area (Å²) >= 11 is 0. The quantitative estimate of drug-likeness (QED) is 0.549. The molecule has 0 bridgehead atoms. The summed E-state index contributed by atoms with van der Waals surface area (Å²) in [6, 6.07) is 4.10. The van der Waals surface area contributed by atoms with E-state index in [2.05, 4.69) is 47.5 Å². The third-order valence-corrected chi connectivity index (χ3v) is 6.70. The van der Waals surface area contributed by atoms with Crippen LogP contribution in [-0.2, 0) is 13.0 Å². The number of fused-ring (bicyclic) bond motifs is 3. The number of allylic oxidation sites excluding steroid dienone is 2. The Morgan fingerprint density at radius 3 is 2.56 bits per heavy atom. The average Bonchev–Trinajstić information content (AvgIpc) is 3.17. The number of aryl methyl sites for hydroxylation is 2. The fourth-order valence-electron chi connectivity index (χ4n) is 5.41.